The largest absolute Gasteiger partial charge is 0.288 e. The van der Waals surface area contributed by atoms with Crippen molar-refractivity contribution in [2.24, 2.45) is 0 Å². The Kier molecular flexibility index (Phi) is 3.32. The molecule has 0 aliphatic rings. The average molecular weight is 273 g/mol. The summed E-state index contributed by atoms with van der Waals surface area (Å²) >= 11 is 0. The van der Waals surface area contributed by atoms with Crippen molar-refractivity contribution in [1.82, 2.24) is 9.78 Å². The number of aromatic nitrogens is 2. The number of rotatable bonds is 3. The van der Waals surface area contributed by atoms with Gasteiger partial charge in [-0.05, 0) is 12.1 Å². The van der Waals surface area contributed by atoms with Gasteiger partial charge in [0.1, 0.15) is 6.07 Å². The minimum Gasteiger partial charge on any atom is -0.288 e. The van der Waals surface area contributed by atoms with E-state index in [1.54, 1.807) is 24.3 Å². The van der Waals surface area contributed by atoms with Gasteiger partial charge in [-0.3, -0.25) is 4.79 Å². The molecule has 3 rings (SSSR count). The number of ketones is 1. The van der Waals surface area contributed by atoms with Crippen LogP contribution in [0.15, 0.2) is 66.9 Å². The van der Waals surface area contributed by atoms with Crippen LogP contribution in [-0.2, 0) is 0 Å². The van der Waals surface area contributed by atoms with Crippen LogP contribution in [0.4, 0.5) is 0 Å². The van der Waals surface area contributed by atoms with E-state index in [-0.39, 0.29) is 11.5 Å². The predicted molar refractivity (Wildman–Crippen MR) is 78.2 cm³/mol. The molecule has 0 fully saturated rings. The van der Waals surface area contributed by atoms with E-state index in [2.05, 4.69) is 11.2 Å². The van der Waals surface area contributed by atoms with E-state index in [1.807, 2.05) is 36.4 Å². The summed E-state index contributed by atoms with van der Waals surface area (Å²) in [6, 6.07) is 20.2. The first-order valence-electron chi connectivity index (χ1n) is 6.44. The molecule has 0 radical (unpaired) electrons. The molecule has 0 N–H and O–H groups in total. The van der Waals surface area contributed by atoms with Crippen molar-refractivity contribution >= 4 is 5.78 Å². The maximum Gasteiger partial charge on any atom is 0.197 e. The second-order valence-corrected chi connectivity index (χ2v) is 4.46. The summed E-state index contributed by atoms with van der Waals surface area (Å²) in [6.45, 7) is 0. The molecule has 1 aromatic heterocycles. The van der Waals surface area contributed by atoms with E-state index in [4.69, 9.17) is 0 Å². The zero-order valence-electron chi connectivity index (χ0n) is 11.1. The first-order chi connectivity index (χ1) is 10.3. The summed E-state index contributed by atoms with van der Waals surface area (Å²) in [5, 5.41) is 13.6. The molecule has 0 aliphatic heterocycles. The number of benzene rings is 2. The Morgan fingerprint density at radius 3 is 2.24 bits per heavy atom. The molecule has 0 aliphatic carbocycles. The summed E-state index contributed by atoms with van der Waals surface area (Å²) in [4.78, 5) is 12.5. The Morgan fingerprint density at radius 2 is 1.62 bits per heavy atom. The van der Waals surface area contributed by atoms with Crippen molar-refractivity contribution < 1.29 is 4.79 Å². The second kappa shape index (κ2) is 5.43. The fraction of sp³-hybridized carbons (Fsp3) is 0. The third-order valence-corrected chi connectivity index (χ3v) is 3.16. The average Bonchev–Trinajstić information content (AvgIpc) is 2.99. The van der Waals surface area contributed by atoms with E-state index in [9.17, 15) is 10.1 Å². The van der Waals surface area contributed by atoms with E-state index in [1.165, 1.54) is 10.9 Å². The first kappa shape index (κ1) is 12.8. The number of nitrogens with zero attached hydrogens (tertiary/aromatic N) is 3. The van der Waals surface area contributed by atoms with Crippen molar-refractivity contribution in [3.8, 4) is 11.8 Å². The maximum atomic E-state index is 12.5. The summed E-state index contributed by atoms with van der Waals surface area (Å²) in [5.74, 6) is -0.200. The van der Waals surface area contributed by atoms with Crippen molar-refractivity contribution in [3.63, 3.8) is 0 Å². The predicted octanol–water partition coefficient (Wildman–Crippen LogP) is 2.97. The van der Waals surface area contributed by atoms with Gasteiger partial charge in [0.05, 0.1) is 17.4 Å². The highest BCUT2D eigenvalue weighted by molar-refractivity contribution is 6.10. The van der Waals surface area contributed by atoms with Gasteiger partial charge in [0, 0.05) is 5.56 Å². The number of carbonyl (C=O) groups excluding carboxylic acids is 1. The van der Waals surface area contributed by atoms with E-state index in [0.29, 0.717) is 11.1 Å². The highest BCUT2D eigenvalue weighted by atomic mass is 16.1. The van der Waals surface area contributed by atoms with Crippen LogP contribution in [0.25, 0.3) is 5.69 Å². The highest BCUT2D eigenvalue weighted by Gasteiger charge is 2.19. The van der Waals surface area contributed by atoms with Gasteiger partial charge < -0.3 is 0 Å². The minimum absolute atomic E-state index is 0.200. The van der Waals surface area contributed by atoms with Crippen molar-refractivity contribution in [2.45, 2.75) is 0 Å². The van der Waals surface area contributed by atoms with Gasteiger partial charge in [-0.15, -0.1) is 0 Å². The molecule has 4 heteroatoms. The minimum atomic E-state index is -0.200. The van der Waals surface area contributed by atoms with Gasteiger partial charge in [-0.2, -0.15) is 10.4 Å². The monoisotopic (exact) mass is 273 g/mol. The van der Waals surface area contributed by atoms with Gasteiger partial charge in [-0.1, -0.05) is 48.5 Å². The Hall–Kier alpha value is -3.19. The van der Waals surface area contributed by atoms with Gasteiger partial charge in [0.2, 0.25) is 0 Å². The van der Waals surface area contributed by atoms with Crippen LogP contribution in [0.1, 0.15) is 21.6 Å². The quantitative estimate of drug-likeness (QED) is 0.689. The molecule has 0 spiro atoms. The topological polar surface area (TPSA) is 58.7 Å². The van der Waals surface area contributed by atoms with Crippen molar-refractivity contribution in [1.29, 1.82) is 5.26 Å². The molecule has 100 valence electrons. The Bertz CT molecular complexity index is 814. The fourth-order valence-electron chi connectivity index (χ4n) is 2.13. The van der Waals surface area contributed by atoms with Crippen LogP contribution >= 0.6 is 0 Å². The van der Waals surface area contributed by atoms with Gasteiger partial charge in [0.15, 0.2) is 11.5 Å². The van der Waals surface area contributed by atoms with E-state index in [0.717, 1.165) is 5.69 Å². The molecule has 3 aromatic rings. The van der Waals surface area contributed by atoms with Crippen LogP contribution in [-0.4, -0.2) is 15.6 Å². The van der Waals surface area contributed by atoms with Crippen LogP contribution in [0.2, 0.25) is 0 Å². The number of hydrogen-bond donors (Lipinski definition) is 0. The molecule has 0 saturated carbocycles. The third kappa shape index (κ3) is 2.33. The smallest absolute Gasteiger partial charge is 0.197 e. The molecular formula is C17H11N3O. The van der Waals surface area contributed by atoms with E-state index < -0.39 is 0 Å². The Balaban J connectivity index is 2.08. The molecule has 1 heterocycles. The SMILES string of the molecule is N#Cc1c(C(=O)c2ccccc2)cnn1-c1ccccc1. The molecule has 4 nitrogen and oxygen atoms in total. The maximum absolute atomic E-state index is 12.5. The number of para-hydroxylation sites is 1. The summed E-state index contributed by atoms with van der Waals surface area (Å²) in [5.41, 5.74) is 1.85. The molecule has 0 unspecified atom stereocenters. The lowest BCUT2D eigenvalue weighted by atomic mass is 10.0. The van der Waals surface area contributed by atoms with Crippen LogP contribution in [0.3, 0.4) is 0 Å². The molecular weight excluding hydrogens is 262 g/mol. The Morgan fingerprint density at radius 1 is 1.00 bits per heavy atom. The summed E-state index contributed by atoms with van der Waals surface area (Å²) in [6.07, 6.45) is 1.45. The van der Waals surface area contributed by atoms with Crippen LogP contribution < -0.4 is 0 Å². The van der Waals surface area contributed by atoms with Crippen molar-refractivity contribution in [3.05, 3.63) is 83.7 Å². The van der Waals surface area contributed by atoms with Crippen LogP contribution in [0, 0.1) is 11.3 Å². The standard InChI is InChI=1S/C17H11N3O/c18-11-16-15(17(21)13-7-3-1-4-8-13)12-19-20(16)14-9-5-2-6-10-14/h1-10,12H. The number of hydrogen-bond acceptors (Lipinski definition) is 3. The van der Waals surface area contributed by atoms with Crippen molar-refractivity contribution in [2.75, 3.05) is 0 Å². The molecule has 0 atom stereocenters. The first-order valence-corrected chi connectivity index (χ1v) is 6.44. The number of nitriles is 1. The molecule has 0 bridgehead atoms. The number of carbonyl (C=O) groups is 1. The molecule has 0 saturated heterocycles. The summed E-state index contributed by atoms with van der Waals surface area (Å²) < 4.78 is 1.48. The zero-order valence-corrected chi connectivity index (χ0v) is 11.1. The normalized spacial score (nSPS) is 10.0. The van der Waals surface area contributed by atoms with E-state index >= 15 is 0 Å². The van der Waals surface area contributed by atoms with Crippen LogP contribution in [0.5, 0.6) is 0 Å². The molecule has 0 amide bonds. The van der Waals surface area contributed by atoms with Gasteiger partial charge in [-0.25, -0.2) is 4.68 Å². The lowest BCUT2D eigenvalue weighted by Gasteiger charge is -2.03. The third-order valence-electron chi connectivity index (χ3n) is 3.16. The lowest BCUT2D eigenvalue weighted by molar-refractivity contribution is 0.103. The lowest BCUT2D eigenvalue weighted by Crippen LogP contribution is -2.05. The Labute approximate surface area is 121 Å². The second-order valence-electron chi connectivity index (χ2n) is 4.46. The fourth-order valence-corrected chi connectivity index (χ4v) is 2.13. The van der Waals surface area contributed by atoms with Gasteiger partial charge in [0.25, 0.3) is 0 Å². The molecule has 21 heavy (non-hydrogen) atoms. The zero-order chi connectivity index (χ0) is 14.7. The molecule has 2 aromatic carbocycles. The van der Waals surface area contributed by atoms with Gasteiger partial charge >= 0.3 is 0 Å². The summed E-state index contributed by atoms with van der Waals surface area (Å²) in [7, 11) is 0. The highest BCUT2D eigenvalue weighted by Crippen LogP contribution is 2.17.